The molecule has 0 spiro atoms. The number of para-hydroxylation sites is 2. The number of halogens is 1. The largest absolute Gasteiger partial charge is 0.490 e. The summed E-state index contributed by atoms with van der Waals surface area (Å²) in [5, 5.41) is 0.595. The molecule has 1 aliphatic heterocycles. The quantitative estimate of drug-likeness (QED) is 0.745. The Kier molecular flexibility index (Phi) is 6.76. The molecule has 0 aliphatic carbocycles. The highest BCUT2D eigenvalue weighted by molar-refractivity contribution is 6.30. The first-order chi connectivity index (χ1) is 13.6. The molecule has 0 atom stereocenters. The van der Waals surface area contributed by atoms with Gasteiger partial charge in [-0.3, -0.25) is 9.59 Å². The fourth-order valence-electron chi connectivity index (χ4n) is 3.01. The van der Waals surface area contributed by atoms with E-state index >= 15 is 0 Å². The number of amides is 2. The second-order valence-corrected chi connectivity index (χ2v) is 6.78. The van der Waals surface area contributed by atoms with Gasteiger partial charge in [0.05, 0.1) is 6.61 Å². The average Bonchev–Trinajstić information content (AvgIpc) is 2.73. The Morgan fingerprint density at radius 1 is 0.893 bits per heavy atom. The molecular weight excluding hydrogens is 380 g/mol. The van der Waals surface area contributed by atoms with E-state index in [1.165, 1.54) is 0 Å². The van der Waals surface area contributed by atoms with E-state index in [4.69, 9.17) is 21.1 Å². The molecule has 2 amide bonds. The van der Waals surface area contributed by atoms with E-state index in [1.807, 2.05) is 25.1 Å². The van der Waals surface area contributed by atoms with Crippen LogP contribution in [0.5, 0.6) is 11.5 Å². The van der Waals surface area contributed by atoms with Gasteiger partial charge in [0.2, 0.25) is 0 Å². The second-order valence-electron chi connectivity index (χ2n) is 6.35. The van der Waals surface area contributed by atoms with Gasteiger partial charge in [-0.1, -0.05) is 23.7 Å². The van der Waals surface area contributed by atoms with Crippen LogP contribution in [0.4, 0.5) is 0 Å². The lowest BCUT2D eigenvalue weighted by atomic mass is 10.2. The Labute approximate surface area is 169 Å². The van der Waals surface area contributed by atoms with Crippen LogP contribution in [0.1, 0.15) is 17.3 Å². The zero-order valence-corrected chi connectivity index (χ0v) is 16.5. The van der Waals surface area contributed by atoms with Crippen molar-refractivity contribution >= 4 is 23.4 Å². The molecule has 1 saturated heterocycles. The number of ether oxygens (including phenoxy) is 2. The minimum absolute atomic E-state index is 0.0503. The van der Waals surface area contributed by atoms with Crippen LogP contribution >= 0.6 is 11.6 Å². The van der Waals surface area contributed by atoms with Crippen LogP contribution in [0.2, 0.25) is 5.02 Å². The van der Waals surface area contributed by atoms with Gasteiger partial charge in [-0.2, -0.15) is 0 Å². The van der Waals surface area contributed by atoms with Crippen molar-refractivity contribution in [1.29, 1.82) is 0 Å². The van der Waals surface area contributed by atoms with Crippen molar-refractivity contribution in [3.05, 3.63) is 59.1 Å². The highest BCUT2D eigenvalue weighted by Crippen LogP contribution is 2.26. The number of carbonyl (C=O) groups excluding carboxylic acids is 2. The number of nitrogens with zero attached hydrogens (tertiary/aromatic N) is 2. The van der Waals surface area contributed by atoms with Gasteiger partial charge in [-0.05, 0) is 43.3 Å². The third-order valence-corrected chi connectivity index (χ3v) is 4.76. The van der Waals surface area contributed by atoms with Crippen molar-refractivity contribution in [1.82, 2.24) is 9.80 Å². The van der Waals surface area contributed by atoms with Gasteiger partial charge in [0.25, 0.3) is 11.8 Å². The zero-order valence-electron chi connectivity index (χ0n) is 15.8. The molecule has 148 valence electrons. The maximum absolute atomic E-state index is 12.5. The van der Waals surface area contributed by atoms with E-state index in [0.29, 0.717) is 54.9 Å². The molecule has 2 aromatic rings. The first-order valence-corrected chi connectivity index (χ1v) is 9.63. The summed E-state index contributed by atoms with van der Waals surface area (Å²) in [6.45, 7) is 4.30. The topological polar surface area (TPSA) is 59.1 Å². The van der Waals surface area contributed by atoms with E-state index in [-0.39, 0.29) is 18.4 Å². The summed E-state index contributed by atoms with van der Waals surface area (Å²) in [6, 6.07) is 14.1. The maximum Gasteiger partial charge on any atom is 0.260 e. The van der Waals surface area contributed by atoms with Gasteiger partial charge in [0.1, 0.15) is 0 Å². The minimum Gasteiger partial charge on any atom is -0.490 e. The fourth-order valence-corrected chi connectivity index (χ4v) is 3.13. The van der Waals surface area contributed by atoms with Gasteiger partial charge in [0, 0.05) is 36.8 Å². The highest BCUT2D eigenvalue weighted by Gasteiger charge is 2.25. The van der Waals surface area contributed by atoms with Crippen LogP contribution < -0.4 is 9.47 Å². The summed E-state index contributed by atoms with van der Waals surface area (Å²) in [5.41, 5.74) is 0.597. The van der Waals surface area contributed by atoms with E-state index < -0.39 is 0 Å². The van der Waals surface area contributed by atoms with Crippen molar-refractivity contribution in [2.24, 2.45) is 0 Å². The van der Waals surface area contributed by atoms with Crippen molar-refractivity contribution < 1.29 is 19.1 Å². The Morgan fingerprint density at radius 3 is 2.07 bits per heavy atom. The molecule has 28 heavy (non-hydrogen) atoms. The lowest BCUT2D eigenvalue weighted by molar-refractivity contribution is -0.134. The average molecular weight is 403 g/mol. The molecule has 0 bridgehead atoms. The predicted molar refractivity (Wildman–Crippen MR) is 107 cm³/mol. The second kappa shape index (κ2) is 9.46. The van der Waals surface area contributed by atoms with E-state index in [9.17, 15) is 9.59 Å². The summed E-state index contributed by atoms with van der Waals surface area (Å²) < 4.78 is 11.2. The summed E-state index contributed by atoms with van der Waals surface area (Å²) in [7, 11) is 0. The third kappa shape index (κ3) is 4.95. The number of hydrogen-bond donors (Lipinski definition) is 0. The third-order valence-electron chi connectivity index (χ3n) is 4.51. The number of benzene rings is 2. The fraction of sp³-hybridized carbons (Fsp3) is 0.333. The highest BCUT2D eigenvalue weighted by atomic mass is 35.5. The Morgan fingerprint density at radius 2 is 1.46 bits per heavy atom. The van der Waals surface area contributed by atoms with Crippen LogP contribution in [0.3, 0.4) is 0 Å². The number of piperazine rings is 1. The van der Waals surface area contributed by atoms with Gasteiger partial charge >= 0.3 is 0 Å². The molecule has 1 fully saturated rings. The molecule has 1 heterocycles. The minimum atomic E-state index is -0.107. The standard InChI is InChI=1S/C21H23ClN2O4/c1-2-27-18-5-3-4-6-19(18)28-15-20(25)23-11-13-24(14-12-23)21(26)16-7-9-17(22)10-8-16/h3-10H,2,11-15H2,1H3. The Bertz CT molecular complexity index is 817. The first-order valence-electron chi connectivity index (χ1n) is 9.25. The Hall–Kier alpha value is -2.73. The van der Waals surface area contributed by atoms with Crippen LogP contribution in [0.15, 0.2) is 48.5 Å². The van der Waals surface area contributed by atoms with Crippen molar-refractivity contribution in [3.63, 3.8) is 0 Å². The summed E-state index contributed by atoms with van der Waals surface area (Å²) in [6.07, 6.45) is 0. The summed E-state index contributed by atoms with van der Waals surface area (Å²) >= 11 is 5.87. The van der Waals surface area contributed by atoms with Crippen LogP contribution in [0, 0.1) is 0 Å². The van der Waals surface area contributed by atoms with Gasteiger partial charge in [-0.15, -0.1) is 0 Å². The Balaban J connectivity index is 1.50. The molecule has 0 saturated carbocycles. The van der Waals surface area contributed by atoms with Crippen LogP contribution in [-0.4, -0.2) is 61.0 Å². The molecule has 0 unspecified atom stereocenters. The molecule has 1 aliphatic rings. The first kappa shape index (κ1) is 20.0. The zero-order chi connectivity index (χ0) is 19.9. The smallest absolute Gasteiger partial charge is 0.260 e. The van der Waals surface area contributed by atoms with Crippen molar-refractivity contribution in [2.75, 3.05) is 39.4 Å². The molecule has 2 aromatic carbocycles. The van der Waals surface area contributed by atoms with Crippen LogP contribution in [0.25, 0.3) is 0 Å². The SMILES string of the molecule is CCOc1ccccc1OCC(=O)N1CCN(C(=O)c2ccc(Cl)cc2)CC1. The summed E-state index contributed by atoms with van der Waals surface area (Å²) in [5.74, 6) is 1.01. The van der Waals surface area contributed by atoms with E-state index in [0.717, 1.165) is 0 Å². The molecule has 3 rings (SSSR count). The molecule has 7 heteroatoms. The van der Waals surface area contributed by atoms with Crippen molar-refractivity contribution in [3.8, 4) is 11.5 Å². The molecule has 0 aromatic heterocycles. The number of hydrogen-bond acceptors (Lipinski definition) is 4. The van der Waals surface area contributed by atoms with Gasteiger partial charge in [0.15, 0.2) is 18.1 Å². The molecular formula is C21H23ClN2O4. The van der Waals surface area contributed by atoms with Crippen LogP contribution in [-0.2, 0) is 4.79 Å². The molecule has 6 nitrogen and oxygen atoms in total. The molecule has 0 radical (unpaired) electrons. The molecule has 0 N–H and O–H groups in total. The van der Waals surface area contributed by atoms with Gasteiger partial charge < -0.3 is 19.3 Å². The van der Waals surface area contributed by atoms with Gasteiger partial charge in [-0.25, -0.2) is 0 Å². The normalized spacial score (nSPS) is 13.9. The lowest BCUT2D eigenvalue weighted by Crippen LogP contribution is -2.51. The van der Waals surface area contributed by atoms with Crippen molar-refractivity contribution in [2.45, 2.75) is 6.92 Å². The number of rotatable bonds is 6. The van der Waals surface area contributed by atoms with E-state index in [2.05, 4.69) is 0 Å². The maximum atomic E-state index is 12.5. The summed E-state index contributed by atoms with van der Waals surface area (Å²) in [4.78, 5) is 28.5. The lowest BCUT2D eigenvalue weighted by Gasteiger charge is -2.34. The monoisotopic (exact) mass is 402 g/mol. The predicted octanol–water partition coefficient (Wildman–Crippen LogP) is 3.10. The number of carbonyl (C=O) groups is 2. The van der Waals surface area contributed by atoms with E-state index in [1.54, 1.807) is 40.1 Å².